The quantitative estimate of drug-likeness (QED) is 0.348. The van der Waals surface area contributed by atoms with Crippen LogP contribution in [0.5, 0.6) is 11.5 Å². The number of halogens is 2. The lowest BCUT2D eigenvalue weighted by atomic mass is 10.2. The number of carbonyl (C=O) groups excluding carboxylic acids is 2. The summed E-state index contributed by atoms with van der Waals surface area (Å²) in [5, 5.41) is 2.54. The number of hydrogen-bond donors (Lipinski definition) is 2. The normalized spacial score (nSPS) is 17.3. The maximum atomic E-state index is 14.1. The molecule has 1 aliphatic carbocycles. The van der Waals surface area contributed by atoms with Crippen molar-refractivity contribution in [3.05, 3.63) is 65.1 Å². The van der Waals surface area contributed by atoms with Crippen molar-refractivity contribution in [3.63, 3.8) is 0 Å². The minimum atomic E-state index is -1.07. The Morgan fingerprint density at radius 2 is 1.98 bits per heavy atom. The summed E-state index contributed by atoms with van der Waals surface area (Å²) in [6.45, 7) is 2.88. The predicted octanol–water partition coefficient (Wildman–Crippen LogP) is 4.66. The second kappa shape index (κ2) is 11.9. The number of aromatic nitrogens is 1. The summed E-state index contributed by atoms with van der Waals surface area (Å²) in [5.41, 5.74) is 5.54. The summed E-state index contributed by atoms with van der Waals surface area (Å²) in [6, 6.07) is 8.19. The van der Waals surface area contributed by atoms with Crippen LogP contribution < -0.4 is 20.5 Å². The molecule has 1 aliphatic heterocycles. The summed E-state index contributed by atoms with van der Waals surface area (Å²) < 4.78 is 55.8. The molecule has 40 heavy (non-hydrogen) atoms. The molecule has 212 valence electrons. The summed E-state index contributed by atoms with van der Waals surface area (Å²) in [4.78, 5) is 28.8. The maximum Gasteiger partial charge on any atom is 0.405 e. The molecule has 1 saturated heterocycles. The average Bonchev–Trinajstić information content (AvgIpc) is 3.39. The summed E-state index contributed by atoms with van der Waals surface area (Å²) in [7, 11) is 0. The van der Waals surface area contributed by atoms with Gasteiger partial charge >= 0.3 is 6.09 Å². The molecule has 2 amide bonds. The molecular weight excluding hydrogens is 528 g/mol. The van der Waals surface area contributed by atoms with Gasteiger partial charge in [0.15, 0.2) is 29.1 Å². The molecule has 0 spiro atoms. The first-order valence-corrected chi connectivity index (χ1v) is 13.0. The zero-order valence-electron chi connectivity index (χ0n) is 21.8. The van der Waals surface area contributed by atoms with E-state index in [9.17, 15) is 18.4 Å². The van der Waals surface area contributed by atoms with E-state index in [0.29, 0.717) is 42.8 Å². The third kappa shape index (κ3) is 6.68. The van der Waals surface area contributed by atoms with Gasteiger partial charge in [0, 0.05) is 30.2 Å². The molecule has 0 radical (unpaired) electrons. The van der Waals surface area contributed by atoms with Crippen molar-refractivity contribution in [2.24, 2.45) is 11.7 Å². The number of nitrogens with two attached hydrogens (primary N) is 1. The molecule has 1 aromatic heterocycles. The first kappa shape index (κ1) is 27.4. The Kier molecular flexibility index (Phi) is 8.15. The first-order chi connectivity index (χ1) is 19.3. The van der Waals surface area contributed by atoms with Crippen LogP contribution in [0.2, 0.25) is 0 Å². The van der Waals surface area contributed by atoms with Gasteiger partial charge in [-0.15, -0.1) is 0 Å². The zero-order chi connectivity index (χ0) is 28.2. The number of oxazole rings is 1. The standard InChI is InChI=1S/C28H29F2N3O7/c1-15(38-28(31)35)25-24(26(34)32-12-18-4-6-19(29)11-21(18)30)33-27(40-25)17-5-7-22(39-20-8-9-36-14-20)23(10-17)37-13-16-2-3-16/h4-7,10-11,15-16,20H,2-3,8-9,12-14H2,1H3,(H2,31,35)(H,32,34)/t15-,20?/m0/s1. The highest BCUT2D eigenvalue weighted by atomic mass is 19.1. The van der Waals surface area contributed by atoms with Gasteiger partial charge in [-0.05, 0) is 49.9 Å². The second-order valence-corrected chi connectivity index (χ2v) is 9.75. The van der Waals surface area contributed by atoms with Crippen LogP contribution >= 0.6 is 0 Å². The molecule has 2 aliphatic rings. The number of carbonyl (C=O) groups is 2. The fraction of sp³-hybridized carbons (Fsp3) is 0.393. The Morgan fingerprint density at radius 3 is 2.67 bits per heavy atom. The lowest BCUT2D eigenvalue weighted by Crippen LogP contribution is -2.26. The number of ether oxygens (including phenoxy) is 4. The fourth-order valence-corrected chi connectivity index (χ4v) is 4.17. The van der Waals surface area contributed by atoms with Gasteiger partial charge < -0.3 is 34.4 Å². The van der Waals surface area contributed by atoms with Crippen LogP contribution in [0.25, 0.3) is 11.5 Å². The number of nitrogens with one attached hydrogen (secondary N) is 1. The van der Waals surface area contributed by atoms with Crippen molar-refractivity contribution in [3.8, 4) is 23.0 Å². The molecule has 2 fully saturated rings. The maximum absolute atomic E-state index is 14.1. The van der Waals surface area contributed by atoms with Gasteiger partial charge in [-0.2, -0.15) is 0 Å². The smallest absolute Gasteiger partial charge is 0.405 e. The molecule has 12 heteroatoms. The van der Waals surface area contributed by atoms with Crippen LogP contribution in [0.15, 0.2) is 40.8 Å². The van der Waals surface area contributed by atoms with Crippen molar-refractivity contribution >= 4 is 12.0 Å². The van der Waals surface area contributed by atoms with Crippen molar-refractivity contribution < 1.29 is 41.7 Å². The second-order valence-electron chi connectivity index (χ2n) is 9.75. The average molecular weight is 558 g/mol. The number of nitrogens with zero attached hydrogens (tertiary/aromatic N) is 1. The molecule has 10 nitrogen and oxygen atoms in total. The van der Waals surface area contributed by atoms with E-state index in [-0.39, 0.29) is 35.6 Å². The third-order valence-electron chi connectivity index (χ3n) is 6.53. The first-order valence-electron chi connectivity index (χ1n) is 13.0. The topological polar surface area (TPSA) is 135 Å². The Balaban J connectivity index is 1.42. The highest BCUT2D eigenvalue weighted by Crippen LogP contribution is 2.37. The molecule has 1 unspecified atom stereocenters. The van der Waals surface area contributed by atoms with Gasteiger partial charge in [-0.25, -0.2) is 18.6 Å². The van der Waals surface area contributed by atoms with E-state index < -0.39 is 29.7 Å². The van der Waals surface area contributed by atoms with E-state index in [1.807, 2.05) is 0 Å². The molecule has 3 aromatic rings. The van der Waals surface area contributed by atoms with Crippen LogP contribution in [-0.4, -0.2) is 42.9 Å². The van der Waals surface area contributed by atoms with Gasteiger partial charge in [0.2, 0.25) is 5.89 Å². The molecule has 1 saturated carbocycles. The Hall–Kier alpha value is -4.19. The third-order valence-corrected chi connectivity index (χ3v) is 6.53. The molecule has 2 heterocycles. The van der Waals surface area contributed by atoms with Gasteiger partial charge in [0.05, 0.1) is 19.8 Å². The molecule has 0 bridgehead atoms. The van der Waals surface area contributed by atoms with Crippen molar-refractivity contribution in [2.75, 3.05) is 19.8 Å². The predicted molar refractivity (Wildman–Crippen MR) is 137 cm³/mol. The van der Waals surface area contributed by atoms with E-state index in [1.54, 1.807) is 18.2 Å². The van der Waals surface area contributed by atoms with Crippen molar-refractivity contribution in [1.82, 2.24) is 10.3 Å². The van der Waals surface area contributed by atoms with E-state index in [4.69, 9.17) is 29.1 Å². The molecule has 2 atom stereocenters. The van der Waals surface area contributed by atoms with Crippen LogP contribution in [0.3, 0.4) is 0 Å². The minimum absolute atomic E-state index is 0.0556. The Bertz CT molecular complexity index is 1390. The van der Waals surface area contributed by atoms with E-state index >= 15 is 0 Å². The number of primary amides is 1. The lowest BCUT2D eigenvalue weighted by Gasteiger charge is -2.16. The number of rotatable bonds is 11. The van der Waals surface area contributed by atoms with Crippen molar-refractivity contribution in [2.45, 2.75) is 44.9 Å². The molecule has 2 aromatic carbocycles. The van der Waals surface area contributed by atoms with Crippen LogP contribution in [0.4, 0.5) is 13.6 Å². The molecule has 3 N–H and O–H groups in total. The fourth-order valence-electron chi connectivity index (χ4n) is 4.17. The largest absolute Gasteiger partial charge is 0.489 e. The molecular formula is C28H29F2N3O7. The Morgan fingerprint density at radius 1 is 1.15 bits per heavy atom. The number of hydrogen-bond acceptors (Lipinski definition) is 8. The summed E-state index contributed by atoms with van der Waals surface area (Å²) in [5.74, 6) is -0.729. The van der Waals surface area contributed by atoms with Crippen LogP contribution in [0, 0.1) is 17.6 Å². The van der Waals surface area contributed by atoms with Gasteiger partial charge in [-0.1, -0.05) is 6.07 Å². The van der Waals surface area contributed by atoms with E-state index in [0.717, 1.165) is 31.4 Å². The van der Waals surface area contributed by atoms with Gasteiger partial charge in [0.1, 0.15) is 17.7 Å². The number of benzene rings is 2. The SMILES string of the molecule is C[C@H](OC(N)=O)c1oc(-c2ccc(OC3CCOC3)c(OCC3CC3)c2)nc1C(=O)NCc1ccc(F)cc1F. The highest BCUT2D eigenvalue weighted by Gasteiger charge is 2.28. The van der Waals surface area contributed by atoms with E-state index in [2.05, 4.69) is 10.3 Å². The minimum Gasteiger partial charge on any atom is -0.489 e. The zero-order valence-corrected chi connectivity index (χ0v) is 21.8. The summed E-state index contributed by atoms with van der Waals surface area (Å²) >= 11 is 0. The van der Waals surface area contributed by atoms with Crippen LogP contribution in [0.1, 0.15) is 54.1 Å². The van der Waals surface area contributed by atoms with E-state index in [1.165, 1.54) is 13.0 Å². The van der Waals surface area contributed by atoms with Crippen molar-refractivity contribution in [1.29, 1.82) is 0 Å². The van der Waals surface area contributed by atoms with Gasteiger partial charge in [-0.3, -0.25) is 4.79 Å². The Labute approximate surface area is 228 Å². The lowest BCUT2D eigenvalue weighted by molar-refractivity contribution is 0.0904. The monoisotopic (exact) mass is 557 g/mol. The number of amides is 2. The molecule has 5 rings (SSSR count). The van der Waals surface area contributed by atoms with Gasteiger partial charge in [0.25, 0.3) is 5.91 Å². The highest BCUT2D eigenvalue weighted by molar-refractivity contribution is 5.94. The summed E-state index contributed by atoms with van der Waals surface area (Å²) in [6.07, 6.45) is 0.762. The van der Waals surface area contributed by atoms with Crippen LogP contribution in [-0.2, 0) is 16.0 Å².